The van der Waals surface area contributed by atoms with Gasteiger partial charge in [0.15, 0.2) is 0 Å². The van der Waals surface area contributed by atoms with Crippen LogP contribution in [0.2, 0.25) is 0 Å². The molecule has 5 radical (unpaired) electrons. The Kier molecular flexibility index (Phi) is 64.8. The molecule has 0 aliphatic carbocycles. The summed E-state index contributed by atoms with van der Waals surface area (Å²) >= 11 is 0.750. The molecule has 0 spiro atoms. The molecule has 0 saturated heterocycles. The minimum absolute atomic E-state index is 0. The number of rotatable bonds is 0. The fraction of sp³-hybridized carbons (Fsp3) is 0. The van der Waals surface area contributed by atoms with E-state index in [0.717, 1.165) is 16.5 Å². The average molecular weight is 365 g/mol. The van der Waals surface area contributed by atoms with Gasteiger partial charge >= 0.3 is 20.2 Å². The van der Waals surface area contributed by atoms with Crippen LogP contribution in [-0.4, -0.2) is 65.3 Å². The van der Waals surface area contributed by atoms with Crippen LogP contribution in [0.5, 0.6) is 0 Å². The summed E-state index contributed by atoms with van der Waals surface area (Å²) in [5, 5.41) is 0. The second kappa shape index (κ2) is 16.5. The zero-order valence-corrected chi connectivity index (χ0v) is 12.4. The molecule has 0 aromatic carbocycles. The van der Waals surface area contributed by atoms with Crippen LogP contribution in [0.3, 0.4) is 0 Å². The first-order valence-corrected chi connectivity index (χ1v) is 1.06. The first-order valence-electron chi connectivity index (χ1n) is 0.204. The Morgan fingerprint density at radius 2 is 1.25 bits per heavy atom. The molecule has 0 saturated carbocycles. The second-order valence-corrected chi connectivity index (χ2v) is 0. The van der Waals surface area contributed by atoms with E-state index >= 15 is 0 Å². The van der Waals surface area contributed by atoms with E-state index in [9.17, 15) is 0 Å². The van der Waals surface area contributed by atoms with Gasteiger partial charge in [0.1, 0.15) is 0 Å². The van der Waals surface area contributed by atoms with E-state index in [1.165, 1.54) is 0 Å². The molecule has 0 fully saturated rings. The van der Waals surface area contributed by atoms with Crippen LogP contribution < -0.4 is 0 Å². The normalized spacial score (nSPS) is 1.00. The third kappa shape index (κ3) is 8.92. The fourth-order valence-corrected chi connectivity index (χ4v) is 0. The maximum absolute atomic E-state index is 8.25. The summed E-state index contributed by atoms with van der Waals surface area (Å²) in [6.07, 6.45) is 0. The molecule has 0 unspecified atom stereocenters. The van der Waals surface area contributed by atoms with E-state index in [4.69, 9.17) is 3.78 Å². The van der Waals surface area contributed by atoms with Gasteiger partial charge in [0, 0.05) is 84.5 Å². The summed E-state index contributed by atoms with van der Waals surface area (Å²) in [6.45, 7) is 0. The van der Waals surface area contributed by atoms with E-state index in [-0.39, 0.29) is 84.5 Å². The summed E-state index contributed by atoms with van der Waals surface area (Å²) in [4.78, 5) is 0. The first kappa shape index (κ1) is 15.7. The van der Waals surface area contributed by atoms with Crippen molar-refractivity contribution < 1.29 is 39.4 Å². The molecule has 1 nitrogen and oxygen atoms in total. The van der Waals surface area contributed by atoms with E-state index in [0.29, 0.717) is 0 Å². The molecule has 15 valence electrons. The molecule has 0 bridgehead atoms. The van der Waals surface area contributed by atoms with Gasteiger partial charge in [0.05, 0.1) is 0 Å². The first-order chi connectivity index (χ1) is 1.00. The standard InChI is InChI=1S/Ba.GeO.La/c;1-2;. The Bertz CT molecular complexity index is 8.00. The molecule has 0 atom stereocenters. The molecule has 0 heterocycles. The van der Waals surface area contributed by atoms with Crippen molar-refractivity contribution >= 4 is 65.3 Å². The Balaban J connectivity index is -0.00000000500. The Hall–Kier alpha value is 3.11. The van der Waals surface area contributed by atoms with Gasteiger partial charge in [0.2, 0.25) is 0 Å². The summed E-state index contributed by atoms with van der Waals surface area (Å²) in [7, 11) is 0. The molecule has 0 amide bonds. The van der Waals surface area contributed by atoms with Crippen molar-refractivity contribution in [1.29, 1.82) is 0 Å². The Morgan fingerprint density at radius 3 is 1.25 bits per heavy atom. The van der Waals surface area contributed by atoms with E-state index in [1.54, 1.807) is 0 Å². The van der Waals surface area contributed by atoms with E-state index < -0.39 is 0 Å². The van der Waals surface area contributed by atoms with Gasteiger partial charge < -0.3 is 0 Å². The molecule has 0 aromatic heterocycles. The molecular formula is BaGeLaO. The topological polar surface area (TPSA) is 17.1 Å². The van der Waals surface area contributed by atoms with Crippen molar-refractivity contribution in [3.8, 4) is 0 Å². The Labute approximate surface area is 102 Å². The van der Waals surface area contributed by atoms with Gasteiger partial charge in [-0.05, 0) is 0 Å². The average Bonchev–Trinajstić information content (AvgIpc) is 1.00. The third-order valence-corrected chi connectivity index (χ3v) is 0. The van der Waals surface area contributed by atoms with Crippen molar-refractivity contribution in [2.45, 2.75) is 0 Å². The van der Waals surface area contributed by atoms with Crippen molar-refractivity contribution in [1.82, 2.24) is 0 Å². The van der Waals surface area contributed by atoms with Gasteiger partial charge in [-0.15, -0.1) is 0 Å². The Morgan fingerprint density at radius 1 is 1.25 bits per heavy atom. The molecule has 0 aliphatic rings. The van der Waals surface area contributed by atoms with Gasteiger partial charge in [-0.3, -0.25) is 0 Å². The molecule has 4 heavy (non-hydrogen) atoms. The summed E-state index contributed by atoms with van der Waals surface area (Å²) in [6, 6.07) is 0. The monoisotopic (exact) mass is 367 g/mol. The predicted octanol–water partition coefficient (Wildman–Crippen LogP) is -0.880. The zero-order valence-electron chi connectivity index (χ0n) is 2.19. The van der Waals surface area contributed by atoms with Crippen LogP contribution in [0.4, 0.5) is 0 Å². The van der Waals surface area contributed by atoms with Crippen LogP contribution in [0.25, 0.3) is 0 Å². The minimum atomic E-state index is 0. The van der Waals surface area contributed by atoms with Crippen molar-refractivity contribution in [2.75, 3.05) is 0 Å². The van der Waals surface area contributed by atoms with Crippen LogP contribution in [0, 0.1) is 35.6 Å². The van der Waals surface area contributed by atoms with Crippen LogP contribution in [0.1, 0.15) is 0 Å². The van der Waals surface area contributed by atoms with E-state index in [1.807, 2.05) is 0 Å². The van der Waals surface area contributed by atoms with Gasteiger partial charge in [0.25, 0.3) is 0 Å². The van der Waals surface area contributed by atoms with Crippen LogP contribution in [0.15, 0.2) is 0 Å². The van der Waals surface area contributed by atoms with E-state index in [2.05, 4.69) is 0 Å². The van der Waals surface area contributed by atoms with Crippen LogP contribution >= 0.6 is 0 Å². The van der Waals surface area contributed by atoms with Crippen molar-refractivity contribution in [3.63, 3.8) is 0 Å². The van der Waals surface area contributed by atoms with Gasteiger partial charge in [-0.25, -0.2) is 0 Å². The second-order valence-electron chi connectivity index (χ2n) is 0. The third-order valence-electron chi connectivity index (χ3n) is 0. The van der Waals surface area contributed by atoms with Gasteiger partial charge in [-0.1, -0.05) is 0 Å². The molecular weight excluding hydrogens is 365 g/mol. The van der Waals surface area contributed by atoms with Crippen molar-refractivity contribution in [2.24, 2.45) is 0 Å². The quantitative estimate of drug-likeness (QED) is 0.510. The summed E-state index contributed by atoms with van der Waals surface area (Å²) < 4.78 is 8.25. The molecule has 0 aromatic rings. The number of hydrogen-bond donors (Lipinski definition) is 0. The molecule has 0 N–H and O–H groups in total. The molecule has 0 rings (SSSR count). The maximum atomic E-state index is 8.25. The molecule has 0 aliphatic heterocycles. The summed E-state index contributed by atoms with van der Waals surface area (Å²) in [5.74, 6) is 0. The predicted molar refractivity (Wildman–Crippen MR) is 12.2 cm³/mol. The zero-order chi connectivity index (χ0) is 2.00. The SMILES string of the molecule is [Ba].[La].[O]=[Ge]. The molecule has 4 heteroatoms. The summed E-state index contributed by atoms with van der Waals surface area (Å²) in [5.41, 5.74) is 0. The fourth-order valence-electron chi connectivity index (χ4n) is 0. The van der Waals surface area contributed by atoms with Crippen LogP contribution in [-0.2, 0) is 3.78 Å². The van der Waals surface area contributed by atoms with Crippen molar-refractivity contribution in [3.05, 3.63) is 0 Å². The number of hydrogen-bond acceptors (Lipinski definition) is 1. The van der Waals surface area contributed by atoms with Gasteiger partial charge in [-0.2, -0.15) is 0 Å².